The summed E-state index contributed by atoms with van der Waals surface area (Å²) in [6.07, 6.45) is 0. The Labute approximate surface area is 473 Å². The fourth-order valence-electron chi connectivity index (χ4n) is 13.7. The lowest BCUT2D eigenvalue weighted by molar-refractivity contribution is 0.589. The van der Waals surface area contributed by atoms with Crippen LogP contribution in [0.3, 0.4) is 0 Å². The van der Waals surface area contributed by atoms with Gasteiger partial charge in [-0.15, -0.1) is 0 Å². The molecule has 0 spiro atoms. The van der Waals surface area contributed by atoms with Crippen LogP contribution in [-0.2, 0) is 10.8 Å². The van der Waals surface area contributed by atoms with Crippen LogP contribution in [0.5, 0.6) is 0 Å². The van der Waals surface area contributed by atoms with Crippen molar-refractivity contribution in [1.29, 1.82) is 0 Å². The van der Waals surface area contributed by atoms with Crippen molar-refractivity contribution in [2.45, 2.75) is 93.9 Å². The van der Waals surface area contributed by atoms with E-state index < -0.39 is 5.41 Å². The Hall–Kier alpha value is -8.72. The zero-order valence-corrected chi connectivity index (χ0v) is 48.5. The molecule has 2 nitrogen and oxygen atoms in total. The molecule has 0 fully saturated rings. The number of nitrogens with zero attached hydrogens (tertiary/aromatic N) is 2. The van der Waals surface area contributed by atoms with Crippen LogP contribution >= 0.6 is 0 Å². The molecule has 12 aromatic rings. The number of anilines is 6. The van der Waals surface area contributed by atoms with E-state index in [2.05, 4.69) is 299 Å². The van der Waals surface area contributed by atoms with Gasteiger partial charge in [0.2, 0.25) is 0 Å². The Morgan fingerprint density at radius 1 is 0.287 bits per heavy atom. The van der Waals surface area contributed by atoms with Gasteiger partial charge in [0, 0.05) is 22.7 Å². The molecule has 0 aromatic heterocycles. The Kier molecular flexibility index (Phi) is 12.0. The minimum atomic E-state index is -0.701. The second-order valence-electron chi connectivity index (χ2n) is 24.5. The summed E-state index contributed by atoms with van der Waals surface area (Å²) in [5, 5.41) is 10.1. The van der Waals surface area contributed by atoms with Crippen LogP contribution in [0.1, 0.15) is 98.7 Å². The van der Waals surface area contributed by atoms with Crippen molar-refractivity contribution < 1.29 is 0 Å². The first-order valence-corrected chi connectivity index (χ1v) is 28.5. The van der Waals surface area contributed by atoms with Gasteiger partial charge in [0.1, 0.15) is 0 Å². The van der Waals surface area contributed by atoms with Crippen molar-refractivity contribution in [2.75, 3.05) is 9.80 Å². The van der Waals surface area contributed by atoms with Gasteiger partial charge in [0.15, 0.2) is 0 Å². The second kappa shape index (κ2) is 19.0. The normalized spacial score (nSPS) is 12.8. The van der Waals surface area contributed by atoms with Crippen molar-refractivity contribution >= 4 is 77.2 Å². The highest BCUT2D eigenvalue weighted by Crippen LogP contribution is 2.59. The average Bonchev–Trinajstić information content (AvgIpc) is 3.95. The van der Waals surface area contributed by atoms with Crippen LogP contribution in [0.15, 0.2) is 206 Å². The molecule has 12 aromatic carbocycles. The molecule has 0 amide bonds. The molecule has 0 saturated heterocycles. The number of rotatable bonds is 8. The van der Waals surface area contributed by atoms with Gasteiger partial charge < -0.3 is 9.80 Å². The standard InChI is InChI=1S/C78H70N2/c1-47-13-23-60(24-14-47)78(61-25-15-48(2)16-26-61)73-45-65(79(75-52(6)37-51(5)38-53(75)7)63-27-33-69-58(43-63)21-19-56-39-49(3)17-31-67(56)69)29-35-71(73)72-36-30-66(46-74(72)78)80(76-54(8)41-62(42-55(76)9)77(10,11)12)64-28-34-70-59(44-64)22-20-57-40-50(4)18-32-68(57)70/h13-46H,1-12H3. The average molecular weight is 1040 g/mol. The van der Waals surface area contributed by atoms with E-state index in [0.717, 1.165) is 22.7 Å². The van der Waals surface area contributed by atoms with Crippen LogP contribution in [0.25, 0.3) is 54.2 Å². The third kappa shape index (κ3) is 8.30. The lowest BCUT2D eigenvalue weighted by atomic mass is 9.67. The van der Waals surface area contributed by atoms with Crippen LogP contribution in [0, 0.1) is 62.3 Å². The first-order valence-electron chi connectivity index (χ1n) is 28.5. The molecule has 1 aliphatic carbocycles. The summed E-state index contributed by atoms with van der Waals surface area (Å²) >= 11 is 0. The van der Waals surface area contributed by atoms with Crippen LogP contribution in [-0.4, -0.2) is 0 Å². The maximum Gasteiger partial charge on any atom is 0.0715 e. The van der Waals surface area contributed by atoms with Crippen molar-refractivity contribution in [2.24, 2.45) is 0 Å². The minimum Gasteiger partial charge on any atom is -0.310 e. The van der Waals surface area contributed by atoms with Gasteiger partial charge in [0.05, 0.1) is 16.8 Å². The largest absolute Gasteiger partial charge is 0.310 e. The molecule has 0 N–H and O–H groups in total. The maximum absolute atomic E-state index is 2.55. The highest BCUT2D eigenvalue weighted by molar-refractivity contribution is 6.10. The maximum atomic E-state index is 2.55. The molecule has 0 atom stereocenters. The predicted molar refractivity (Wildman–Crippen MR) is 344 cm³/mol. The molecule has 0 heterocycles. The summed E-state index contributed by atoms with van der Waals surface area (Å²) in [5.41, 5.74) is 26.3. The minimum absolute atomic E-state index is 0.00397. The summed E-state index contributed by atoms with van der Waals surface area (Å²) in [4.78, 5) is 5.08. The van der Waals surface area contributed by atoms with Gasteiger partial charge in [-0.25, -0.2) is 0 Å². The summed E-state index contributed by atoms with van der Waals surface area (Å²) in [6.45, 7) is 27.1. The molecule has 2 heteroatoms. The predicted octanol–water partition coefficient (Wildman–Crippen LogP) is 21.7. The van der Waals surface area contributed by atoms with E-state index in [1.807, 2.05) is 0 Å². The van der Waals surface area contributed by atoms with Crippen LogP contribution < -0.4 is 9.80 Å². The van der Waals surface area contributed by atoms with Gasteiger partial charge in [-0.05, 0) is 221 Å². The van der Waals surface area contributed by atoms with Crippen molar-refractivity contribution in [1.82, 2.24) is 0 Å². The van der Waals surface area contributed by atoms with Gasteiger partial charge >= 0.3 is 0 Å². The first-order chi connectivity index (χ1) is 38.4. The molecular weight excluding hydrogens is 965 g/mol. The molecular formula is C78H70N2. The zero-order chi connectivity index (χ0) is 55.5. The van der Waals surface area contributed by atoms with Gasteiger partial charge in [-0.3, -0.25) is 0 Å². The van der Waals surface area contributed by atoms with Crippen LogP contribution in [0.4, 0.5) is 34.1 Å². The molecule has 13 rings (SSSR count). The topological polar surface area (TPSA) is 6.48 Å². The van der Waals surface area contributed by atoms with E-state index in [9.17, 15) is 0 Å². The van der Waals surface area contributed by atoms with Crippen molar-refractivity contribution in [3.05, 3.63) is 284 Å². The summed E-state index contributed by atoms with van der Waals surface area (Å²) < 4.78 is 0. The Morgan fingerprint density at radius 3 is 1.00 bits per heavy atom. The van der Waals surface area contributed by atoms with Gasteiger partial charge in [-0.1, -0.05) is 206 Å². The lowest BCUT2D eigenvalue weighted by Gasteiger charge is -2.36. The van der Waals surface area contributed by atoms with E-state index in [-0.39, 0.29) is 5.41 Å². The van der Waals surface area contributed by atoms with E-state index in [1.165, 1.54) is 143 Å². The monoisotopic (exact) mass is 1030 g/mol. The fraction of sp³-hybridized carbons (Fsp3) is 0.179. The van der Waals surface area contributed by atoms with Gasteiger partial charge in [0.25, 0.3) is 0 Å². The van der Waals surface area contributed by atoms with E-state index in [1.54, 1.807) is 0 Å². The molecule has 0 radical (unpaired) electrons. The van der Waals surface area contributed by atoms with Gasteiger partial charge in [-0.2, -0.15) is 0 Å². The number of hydrogen-bond donors (Lipinski definition) is 0. The smallest absolute Gasteiger partial charge is 0.0715 e. The van der Waals surface area contributed by atoms with E-state index in [0.29, 0.717) is 0 Å². The second-order valence-corrected chi connectivity index (χ2v) is 24.5. The Balaban J connectivity index is 1.08. The van der Waals surface area contributed by atoms with Crippen LogP contribution in [0.2, 0.25) is 0 Å². The number of fused-ring (bicyclic) bond motifs is 9. The Morgan fingerprint density at radius 2 is 0.613 bits per heavy atom. The fourth-order valence-corrected chi connectivity index (χ4v) is 13.7. The van der Waals surface area contributed by atoms with Crippen molar-refractivity contribution in [3.8, 4) is 11.1 Å². The Bertz CT molecular complexity index is 4400. The molecule has 0 bridgehead atoms. The number of hydrogen-bond acceptors (Lipinski definition) is 2. The third-order valence-corrected chi connectivity index (χ3v) is 17.5. The summed E-state index contributed by atoms with van der Waals surface area (Å²) in [7, 11) is 0. The SMILES string of the molecule is Cc1ccc(C2(c3ccc(C)cc3)c3cc(N(c4ccc5c(ccc6cc(C)ccc65)c4)c4c(C)cc(C)cc4C)ccc3-c3ccc(N(c4ccc5c(ccc6cc(C)ccc65)c4)c4c(C)cc(C(C)(C)C)cc4C)cc32)cc1. The summed E-state index contributed by atoms with van der Waals surface area (Å²) in [6, 6.07) is 80.0. The van der Waals surface area contributed by atoms with E-state index >= 15 is 0 Å². The molecule has 0 unspecified atom stereocenters. The number of aryl methyl sites for hydroxylation is 9. The lowest BCUT2D eigenvalue weighted by Crippen LogP contribution is -2.29. The third-order valence-electron chi connectivity index (χ3n) is 17.5. The molecule has 1 aliphatic rings. The zero-order valence-electron chi connectivity index (χ0n) is 48.5. The first kappa shape index (κ1) is 50.8. The number of benzene rings is 12. The van der Waals surface area contributed by atoms with Crippen molar-refractivity contribution in [3.63, 3.8) is 0 Å². The van der Waals surface area contributed by atoms with E-state index in [4.69, 9.17) is 0 Å². The highest BCUT2D eigenvalue weighted by atomic mass is 15.2. The molecule has 0 saturated carbocycles. The quantitative estimate of drug-likeness (QED) is 0.140. The summed E-state index contributed by atoms with van der Waals surface area (Å²) in [5.74, 6) is 0. The molecule has 80 heavy (non-hydrogen) atoms. The molecule has 392 valence electrons. The molecule has 0 aliphatic heterocycles. The highest BCUT2D eigenvalue weighted by Gasteiger charge is 2.47.